The summed E-state index contributed by atoms with van der Waals surface area (Å²) in [6, 6.07) is 3.04. The number of hydrogen-bond donors (Lipinski definition) is 2. The van der Waals surface area contributed by atoms with Crippen molar-refractivity contribution in [2.24, 2.45) is 0 Å². The minimum atomic E-state index is -3.96. The summed E-state index contributed by atoms with van der Waals surface area (Å²) in [6.07, 6.45) is 2.94. The third-order valence-electron chi connectivity index (χ3n) is 3.33. The number of nitrogens with zero attached hydrogens (tertiary/aromatic N) is 1. The minimum Gasteiger partial charge on any atom is -0.399 e. The topological polar surface area (TPSA) is 92.5 Å². The first kappa shape index (κ1) is 15.7. The molecule has 1 heterocycles. The molecule has 0 unspecified atom stereocenters. The van der Waals surface area contributed by atoms with Gasteiger partial charge in [-0.2, -0.15) is 0 Å². The predicted molar refractivity (Wildman–Crippen MR) is 76.4 cm³/mol. The number of piperidine rings is 1. The van der Waals surface area contributed by atoms with Crippen LogP contribution < -0.4 is 10.5 Å². The van der Waals surface area contributed by atoms with Gasteiger partial charge in [-0.15, -0.1) is 0 Å². The van der Waals surface area contributed by atoms with E-state index >= 15 is 0 Å². The van der Waals surface area contributed by atoms with Crippen molar-refractivity contribution in [1.29, 1.82) is 0 Å². The number of rotatable bonds is 4. The molecule has 1 amide bonds. The molecule has 1 saturated heterocycles. The van der Waals surface area contributed by atoms with Crippen LogP contribution in [0, 0.1) is 5.82 Å². The average Bonchev–Trinajstić information content (AvgIpc) is 2.45. The van der Waals surface area contributed by atoms with Gasteiger partial charge in [-0.05, 0) is 37.5 Å². The number of nitrogens with two attached hydrogens (primary N) is 1. The number of carbonyl (C=O) groups excluding carboxylic acids is 1. The van der Waals surface area contributed by atoms with Crippen LogP contribution in [0.4, 0.5) is 10.1 Å². The predicted octanol–water partition coefficient (Wildman–Crippen LogP) is 0.699. The van der Waals surface area contributed by atoms with Crippen LogP contribution in [0.25, 0.3) is 0 Å². The second-order valence-corrected chi connectivity index (χ2v) is 6.75. The molecule has 0 aliphatic carbocycles. The zero-order chi connectivity index (χ0) is 15.5. The van der Waals surface area contributed by atoms with E-state index in [0.29, 0.717) is 13.1 Å². The lowest BCUT2D eigenvalue weighted by Gasteiger charge is -2.26. The van der Waals surface area contributed by atoms with Crippen molar-refractivity contribution < 1.29 is 17.6 Å². The number of hydrogen-bond acceptors (Lipinski definition) is 4. The Bertz CT molecular complexity index is 607. The van der Waals surface area contributed by atoms with Gasteiger partial charge in [0.1, 0.15) is 5.82 Å². The summed E-state index contributed by atoms with van der Waals surface area (Å²) in [5.41, 5.74) is 5.43. The molecular weight excluding hydrogens is 297 g/mol. The maximum atomic E-state index is 13.2. The van der Waals surface area contributed by atoms with Crippen molar-refractivity contribution in [3.63, 3.8) is 0 Å². The maximum absolute atomic E-state index is 13.2. The molecule has 2 rings (SSSR count). The van der Waals surface area contributed by atoms with E-state index < -0.39 is 15.8 Å². The number of anilines is 1. The molecule has 1 aliphatic heterocycles. The van der Waals surface area contributed by atoms with Crippen molar-refractivity contribution in [2.75, 3.05) is 25.4 Å². The summed E-state index contributed by atoms with van der Waals surface area (Å²) in [4.78, 5) is 13.3. The highest BCUT2D eigenvalue weighted by molar-refractivity contribution is 7.89. The van der Waals surface area contributed by atoms with Crippen LogP contribution in [-0.4, -0.2) is 38.9 Å². The minimum absolute atomic E-state index is 0.0118. The lowest BCUT2D eigenvalue weighted by molar-refractivity contribution is -0.130. The quantitative estimate of drug-likeness (QED) is 0.800. The molecule has 1 fully saturated rings. The van der Waals surface area contributed by atoms with Gasteiger partial charge in [-0.1, -0.05) is 0 Å². The lowest BCUT2D eigenvalue weighted by atomic mass is 10.1. The molecule has 0 spiro atoms. The van der Waals surface area contributed by atoms with Crippen LogP contribution in [0.1, 0.15) is 19.3 Å². The summed E-state index contributed by atoms with van der Waals surface area (Å²) < 4.78 is 39.4. The van der Waals surface area contributed by atoms with Crippen molar-refractivity contribution in [3.05, 3.63) is 24.0 Å². The Morgan fingerprint density at radius 3 is 2.52 bits per heavy atom. The Kier molecular flexibility index (Phi) is 4.79. The van der Waals surface area contributed by atoms with Gasteiger partial charge in [0.05, 0.1) is 11.4 Å². The number of nitrogen functional groups attached to an aromatic ring is 1. The van der Waals surface area contributed by atoms with Gasteiger partial charge in [0, 0.05) is 18.8 Å². The van der Waals surface area contributed by atoms with E-state index in [4.69, 9.17) is 5.73 Å². The molecule has 3 N–H and O–H groups in total. The van der Waals surface area contributed by atoms with Crippen molar-refractivity contribution in [3.8, 4) is 0 Å². The Hall–Kier alpha value is -1.67. The first-order valence-corrected chi connectivity index (χ1v) is 8.20. The van der Waals surface area contributed by atoms with E-state index in [1.54, 1.807) is 4.90 Å². The molecule has 0 radical (unpaired) electrons. The summed E-state index contributed by atoms with van der Waals surface area (Å²) >= 11 is 0. The molecular formula is C13H18FN3O3S. The standard InChI is InChI=1S/C13H18FN3O3S/c14-10-6-11(15)8-12(7-10)21(19,20)16-9-13(18)17-4-2-1-3-5-17/h6-8,16H,1-5,9,15H2. The van der Waals surface area contributed by atoms with E-state index in [1.807, 2.05) is 0 Å². The molecule has 1 aromatic rings. The number of benzene rings is 1. The van der Waals surface area contributed by atoms with Gasteiger partial charge < -0.3 is 10.6 Å². The number of halogens is 1. The molecule has 116 valence electrons. The van der Waals surface area contributed by atoms with Crippen LogP contribution in [0.2, 0.25) is 0 Å². The van der Waals surface area contributed by atoms with Gasteiger partial charge in [0.15, 0.2) is 0 Å². The Morgan fingerprint density at radius 2 is 1.90 bits per heavy atom. The fourth-order valence-electron chi connectivity index (χ4n) is 2.23. The van der Waals surface area contributed by atoms with Gasteiger partial charge >= 0.3 is 0 Å². The third kappa shape index (κ3) is 4.15. The van der Waals surface area contributed by atoms with E-state index in [0.717, 1.165) is 37.5 Å². The summed E-state index contributed by atoms with van der Waals surface area (Å²) in [5, 5.41) is 0. The van der Waals surface area contributed by atoms with Crippen LogP contribution >= 0.6 is 0 Å². The highest BCUT2D eigenvalue weighted by Crippen LogP contribution is 2.15. The lowest BCUT2D eigenvalue weighted by Crippen LogP contribution is -2.42. The van der Waals surface area contributed by atoms with E-state index in [1.165, 1.54) is 0 Å². The molecule has 0 aromatic heterocycles. The second kappa shape index (κ2) is 6.40. The highest BCUT2D eigenvalue weighted by atomic mass is 32.2. The van der Waals surface area contributed by atoms with Crippen LogP contribution in [0.15, 0.2) is 23.1 Å². The SMILES string of the molecule is Nc1cc(F)cc(S(=O)(=O)NCC(=O)N2CCCCC2)c1. The molecule has 1 aromatic carbocycles. The fraction of sp³-hybridized carbons (Fsp3) is 0.462. The van der Waals surface area contributed by atoms with Crippen molar-refractivity contribution in [2.45, 2.75) is 24.2 Å². The zero-order valence-electron chi connectivity index (χ0n) is 11.5. The number of sulfonamides is 1. The van der Waals surface area contributed by atoms with E-state index in [9.17, 15) is 17.6 Å². The van der Waals surface area contributed by atoms with E-state index in [2.05, 4.69) is 4.72 Å². The van der Waals surface area contributed by atoms with Gasteiger partial charge in [0.25, 0.3) is 0 Å². The number of amides is 1. The third-order valence-corrected chi connectivity index (χ3v) is 4.71. The van der Waals surface area contributed by atoms with Crippen LogP contribution in [0.5, 0.6) is 0 Å². The van der Waals surface area contributed by atoms with Crippen molar-refractivity contribution >= 4 is 21.6 Å². The summed E-state index contributed by atoms with van der Waals surface area (Å²) in [6.45, 7) is 0.958. The molecule has 1 aliphatic rings. The van der Waals surface area contributed by atoms with Crippen LogP contribution in [0.3, 0.4) is 0 Å². The Balaban J connectivity index is 2.02. The smallest absolute Gasteiger partial charge is 0.241 e. The van der Waals surface area contributed by atoms with Crippen molar-refractivity contribution in [1.82, 2.24) is 9.62 Å². The average molecular weight is 315 g/mol. The second-order valence-electron chi connectivity index (χ2n) is 4.99. The van der Waals surface area contributed by atoms with Gasteiger partial charge in [-0.25, -0.2) is 17.5 Å². The monoisotopic (exact) mass is 315 g/mol. The summed E-state index contributed by atoms with van der Waals surface area (Å²) in [5.74, 6) is -1.01. The Labute approximate surface area is 123 Å². The molecule has 0 bridgehead atoms. The first-order chi connectivity index (χ1) is 9.88. The van der Waals surface area contributed by atoms with Gasteiger partial charge in [0.2, 0.25) is 15.9 Å². The van der Waals surface area contributed by atoms with E-state index in [-0.39, 0.29) is 23.0 Å². The molecule has 0 saturated carbocycles. The number of likely N-dealkylation sites (tertiary alicyclic amines) is 1. The van der Waals surface area contributed by atoms with Crippen LogP contribution in [-0.2, 0) is 14.8 Å². The number of carbonyl (C=O) groups is 1. The molecule has 8 heteroatoms. The normalized spacial score (nSPS) is 16.0. The highest BCUT2D eigenvalue weighted by Gasteiger charge is 2.21. The maximum Gasteiger partial charge on any atom is 0.241 e. The largest absolute Gasteiger partial charge is 0.399 e. The summed E-state index contributed by atoms with van der Waals surface area (Å²) in [7, 11) is -3.96. The molecule has 21 heavy (non-hydrogen) atoms. The first-order valence-electron chi connectivity index (χ1n) is 6.72. The zero-order valence-corrected chi connectivity index (χ0v) is 12.3. The Morgan fingerprint density at radius 1 is 1.24 bits per heavy atom. The molecule has 0 atom stereocenters. The fourth-order valence-corrected chi connectivity index (χ4v) is 3.27. The van der Waals surface area contributed by atoms with Gasteiger partial charge in [-0.3, -0.25) is 4.79 Å². The number of nitrogens with one attached hydrogen (secondary N) is 1. The molecule has 6 nitrogen and oxygen atoms in total.